The molecule has 10 heteroatoms. The van der Waals surface area contributed by atoms with Crippen LogP contribution in [-0.2, 0) is 19.1 Å². The van der Waals surface area contributed by atoms with Crippen molar-refractivity contribution < 1.29 is 28.3 Å². The lowest BCUT2D eigenvalue weighted by atomic mass is 10.2. The molecule has 4 rings (SSSR count). The number of carbonyl (C=O) groups is 4. The second-order valence-corrected chi connectivity index (χ2v) is 9.40. The van der Waals surface area contributed by atoms with Gasteiger partial charge in [-0.05, 0) is 42.0 Å². The molecule has 0 aromatic heterocycles. The highest BCUT2D eigenvalue weighted by atomic mass is 19.1. The van der Waals surface area contributed by atoms with Crippen LogP contribution >= 0.6 is 0 Å². The molecule has 2 aromatic rings. The van der Waals surface area contributed by atoms with Crippen LogP contribution in [0.3, 0.4) is 0 Å². The molecule has 2 heterocycles. The number of nitrogens with one attached hydrogen (secondary N) is 1. The Labute approximate surface area is 226 Å². The van der Waals surface area contributed by atoms with Crippen LogP contribution in [0.1, 0.15) is 12.5 Å². The molecule has 2 fully saturated rings. The highest BCUT2D eigenvalue weighted by molar-refractivity contribution is 6.06. The number of halogens is 1. The number of benzene rings is 2. The van der Waals surface area contributed by atoms with E-state index < -0.39 is 18.0 Å². The van der Waals surface area contributed by atoms with Gasteiger partial charge in [-0.15, -0.1) is 0 Å². The summed E-state index contributed by atoms with van der Waals surface area (Å²) in [6, 6.07) is 14.0. The molecule has 39 heavy (non-hydrogen) atoms. The molecule has 0 radical (unpaired) electrons. The van der Waals surface area contributed by atoms with Gasteiger partial charge < -0.3 is 15.0 Å². The van der Waals surface area contributed by atoms with E-state index in [1.807, 2.05) is 40.1 Å². The molecule has 2 saturated heterocycles. The minimum atomic E-state index is -0.584. The van der Waals surface area contributed by atoms with Crippen LogP contribution in [0.15, 0.2) is 66.8 Å². The van der Waals surface area contributed by atoms with Crippen LogP contribution in [-0.4, -0.2) is 80.4 Å². The van der Waals surface area contributed by atoms with E-state index in [1.165, 1.54) is 36.1 Å². The van der Waals surface area contributed by atoms with Crippen molar-refractivity contribution in [3.8, 4) is 0 Å². The maximum absolute atomic E-state index is 15.0. The van der Waals surface area contributed by atoms with Crippen molar-refractivity contribution in [3.05, 3.63) is 78.1 Å². The molecule has 2 aliphatic heterocycles. The predicted molar refractivity (Wildman–Crippen MR) is 146 cm³/mol. The summed E-state index contributed by atoms with van der Waals surface area (Å²) in [5.74, 6) is -1.11. The Hall–Kier alpha value is -4.31. The number of cyclic esters (lactones) is 1. The van der Waals surface area contributed by atoms with Crippen LogP contribution in [0.5, 0.6) is 0 Å². The topological polar surface area (TPSA) is 99.3 Å². The number of allylic oxidation sites excluding steroid dienone is 2. The van der Waals surface area contributed by atoms with Crippen molar-refractivity contribution in [2.45, 2.75) is 13.0 Å². The quantitative estimate of drug-likeness (QED) is 0.468. The van der Waals surface area contributed by atoms with Gasteiger partial charge in [-0.3, -0.25) is 24.2 Å². The normalized spacial score (nSPS) is 18.1. The smallest absolute Gasteiger partial charge is 0.414 e. The fourth-order valence-corrected chi connectivity index (χ4v) is 4.41. The zero-order valence-electron chi connectivity index (χ0n) is 21.7. The number of nitrogens with zero attached hydrogens (tertiary/aromatic N) is 3. The standard InChI is InChI=1S/C29H31FN4O5/c1-21(35)31-18-26-20-34(29(38)39-26)23-8-12-28(27(30)17-23)33-15-13-32(14-16-33)19-25(37)11-10-24(36)9-7-22-5-3-2-4-6-22/h2-12,17,26H,13-16,18-20H2,1H3,(H,31,35)/b9-7+,11-10+/t26-/m0/s1. The molecule has 2 amide bonds. The van der Waals surface area contributed by atoms with Crippen LogP contribution in [0.2, 0.25) is 0 Å². The van der Waals surface area contributed by atoms with E-state index in [9.17, 15) is 19.2 Å². The fraction of sp³-hybridized carbons (Fsp3) is 0.310. The van der Waals surface area contributed by atoms with E-state index in [4.69, 9.17) is 4.74 Å². The van der Waals surface area contributed by atoms with E-state index in [1.54, 1.807) is 18.2 Å². The molecule has 0 bridgehead atoms. The van der Waals surface area contributed by atoms with Gasteiger partial charge in [-0.2, -0.15) is 0 Å². The molecule has 0 unspecified atom stereocenters. The Bertz CT molecular complexity index is 1270. The number of rotatable bonds is 10. The number of hydrogen-bond acceptors (Lipinski definition) is 7. The number of amides is 2. The maximum Gasteiger partial charge on any atom is 0.414 e. The zero-order chi connectivity index (χ0) is 27.8. The van der Waals surface area contributed by atoms with Crippen LogP contribution in [0.25, 0.3) is 6.08 Å². The van der Waals surface area contributed by atoms with E-state index >= 15 is 4.39 Å². The molecule has 0 saturated carbocycles. The van der Waals surface area contributed by atoms with Gasteiger partial charge in [-0.25, -0.2) is 9.18 Å². The fourth-order valence-electron chi connectivity index (χ4n) is 4.41. The minimum absolute atomic E-state index is 0.172. The predicted octanol–water partition coefficient (Wildman–Crippen LogP) is 2.82. The van der Waals surface area contributed by atoms with E-state index in [0.717, 1.165) is 5.56 Å². The van der Waals surface area contributed by atoms with E-state index in [-0.39, 0.29) is 37.1 Å². The van der Waals surface area contributed by atoms with Gasteiger partial charge in [0.2, 0.25) is 5.91 Å². The summed E-state index contributed by atoms with van der Waals surface area (Å²) in [5, 5.41) is 2.61. The Kier molecular flexibility index (Phi) is 9.22. The second kappa shape index (κ2) is 13.0. The van der Waals surface area contributed by atoms with Gasteiger partial charge in [0.15, 0.2) is 11.6 Å². The third-order valence-corrected chi connectivity index (χ3v) is 6.46. The van der Waals surface area contributed by atoms with Gasteiger partial charge in [0, 0.05) is 33.1 Å². The summed E-state index contributed by atoms with van der Waals surface area (Å²) >= 11 is 0. The maximum atomic E-state index is 15.0. The van der Waals surface area contributed by atoms with Crippen molar-refractivity contribution in [2.24, 2.45) is 0 Å². The van der Waals surface area contributed by atoms with Gasteiger partial charge in [0.25, 0.3) is 0 Å². The van der Waals surface area contributed by atoms with E-state index in [0.29, 0.717) is 37.6 Å². The Morgan fingerprint density at radius 3 is 2.46 bits per heavy atom. The van der Waals surface area contributed by atoms with Crippen molar-refractivity contribution in [1.29, 1.82) is 0 Å². The number of anilines is 2. The zero-order valence-corrected chi connectivity index (χ0v) is 21.7. The van der Waals surface area contributed by atoms with Crippen LogP contribution in [0, 0.1) is 5.82 Å². The number of ketones is 2. The first-order valence-electron chi connectivity index (χ1n) is 12.8. The molecular formula is C29H31FN4O5. The number of hydrogen-bond donors (Lipinski definition) is 1. The molecule has 9 nitrogen and oxygen atoms in total. The molecule has 2 aliphatic rings. The first kappa shape index (κ1) is 27.7. The monoisotopic (exact) mass is 534 g/mol. The highest BCUT2D eigenvalue weighted by Gasteiger charge is 2.33. The lowest BCUT2D eigenvalue weighted by Gasteiger charge is -2.35. The third-order valence-electron chi connectivity index (χ3n) is 6.46. The molecule has 204 valence electrons. The minimum Gasteiger partial charge on any atom is -0.442 e. The third kappa shape index (κ3) is 7.84. The summed E-state index contributed by atoms with van der Waals surface area (Å²) in [6.45, 7) is 4.14. The first-order chi connectivity index (χ1) is 18.8. The Morgan fingerprint density at radius 1 is 1.03 bits per heavy atom. The molecule has 0 spiro atoms. The Morgan fingerprint density at radius 2 is 1.77 bits per heavy atom. The average Bonchev–Trinajstić information content (AvgIpc) is 3.31. The van der Waals surface area contributed by atoms with Crippen molar-refractivity contribution in [2.75, 3.05) is 55.6 Å². The summed E-state index contributed by atoms with van der Waals surface area (Å²) < 4.78 is 20.3. The van der Waals surface area contributed by atoms with Crippen LogP contribution in [0.4, 0.5) is 20.6 Å². The molecule has 1 atom stereocenters. The molecule has 1 N–H and O–H groups in total. The van der Waals surface area contributed by atoms with Gasteiger partial charge >= 0.3 is 6.09 Å². The van der Waals surface area contributed by atoms with Gasteiger partial charge in [0.05, 0.1) is 31.0 Å². The number of carbonyl (C=O) groups excluding carboxylic acids is 4. The van der Waals surface area contributed by atoms with Crippen molar-refractivity contribution >= 4 is 41.0 Å². The molecule has 0 aliphatic carbocycles. The van der Waals surface area contributed by atoms with E-state index in [2.05, 4.69) is 5.32 Å². The summed E-state index contributed by atoms with van der Waals surface area (Å²) in [5.41, 5.74) is 1.71. The number of ether oxygens (including phenoxy) is 1. The lowest BCUT2D eigenvalue weighted by Crippen LogP contribution is -2.48. The Balaban J connectivity index is 1.24. The SMILES string of the molecule is CC(=O)NC[C@H]1CN(c2ccc(N3CCN(CC(=O)/C=C/C(=O)/C=C/c4ccccc4)CC3)c(F)c2)C(=O)O1. The van der Waals surface area contributed by atoms with Crippen molar-refractivity contribution in [1.82, 2.24) is 10.2 Å². The van der Waals surface area contributed by atoms with Gasteiger partial charge in [0.1, 0.15) is 11.9 Å². The summed E-state index contributed by atoms with van der Waals surface area (Å²) in [6.07, 6.45) is 4.61. The molecular weight excluding hydrogens is 503 g/mol. The largest absolute Gasteiger partial charge is 0.442 e. The lowest BCUT2D eigenvalue weighted by molar-refractivity contribution is -0.119. The summed E-state index contributed by atoms with van der Waals surface area (Å²) in [4.78, 5) is 52.9. The number of piperazine rings is 1. The first-order valence-corrected chi connectivity index (χ1v) is 12.8. The van der Waals surface area contributed by atoms with Crippen LogP contribution < -0.4 is 15.1 Å². The van der Waals surface area contributed by atoms with Gasteiger partial charge in [-0.1, -0.05) is 36.4 Å². The second-order valence-electron chi connectivity index (χ2n) is 9.40. The highest BCUT2D eigenvalue weighted by Crippen LogP contribution is 2.28. The molecule has 2 aromatic carbocycles. The van der Waals surface area contributed by atoms with Crippen molar-refractivity contribution in [3.63, 3.8) is 0 Å². The average molecular weight is 535 g/mol. The summed E-state index contributed by atoms with van der Waals surface area (Å²) in [7, 11) is 0.